The highest BCUT2D eigenvalue weighted by Gasteiger charge is 2.17. The number of nitro benzene ring substituents is 1. The third kappa shape index (κ3) is 3.05. The van der Waals surface area contributed by atoms with Crippen LogP contribution in [0.1, 0.15) is 11.8 Å². The predicted octanol–water partition coefficient (Wildman–Crippen LogP) is 3.29. The van der Waals surface area contributed by atoms with E-state index in [2.05, 4.69) is 15.3 Å². The van der Waals surface area contributed by atoms with Crippen molar-refractivity contribution in [2.24, 2.45) is 0 Å². The zero-order valence-electron chi connectivity index (χ0n) is 11.7. The van der Waals surface area contributed by atoms with Crippen LogP contribution in [-0.4, -0.2) is 20.0 Å². The van der Waals surface area contributed by atoms with Gasteiger partial charge in [-0.2, -0.15) is 0 Å². The molecule has 3 rings (SSSR count). The van der Waals surface area contributed by atoms with Crippen molar-refractivity contribution in [3.8, 4) is 0 Å². The van der Waals surface area contributed by atoms with E-state index < -0.39 is 11.2 Å². The molecule has 2 aromatic carbocycles. The number of hydrogen-bond acceptors (Lipinski definition) is 6. The number of halogens is 1. The van der Waals surface area contributed by atoms with Crippen molar-refractivity contribution < 1.29 is 10.0 Å². The number of nitrogens with one attached hydrogen (secondary N) is 1. The van der Waals surface area contributed by atoms with Crippen LogP contribution >= 0.6 is 11.6 Å². The smallest absolute Gasteiger partial charge is 0.288 e. The molecular weight excluding hydrogens is 320 g/mol. The average molecular weight is 331 g/mol. The Kier molecular flexibility index (Phi) is 4.05. The summed E-state index contributed by atoms with van der Waals surface area (Å²) in [5, 5.41) is 24.5. The number of aliphatic hydroxyl groups is 1. The van der Waals surface area contributed by atoms with E-state index in [4.69, 9.17) is 11.6 Å². The van der Waals surface area contributed by atoms with Gasteiger partial charge in [0.1, 0.15) is 17.2 Å². The molecule has 2 N–H and O–H groups in total. The van der Waals surface area contributed by atoms with Gasteiger partial charge in [-0.3, -0.25) is 10.1 Å². The molecule has 116 valence electrons. The van der Waals surface area contributed by atoms with Crippen molar-refractivity contribution in [2.45, 2.75) is 6.23 Å². The first-order valence-electron chi connectivity index (χ1n) is 6.64. The molecule has 1 aromatic heterocycles. The van der Waals surface area contributed by atoms with Gasteiger partial charge in [0, 0.05) is 17.0 Å². The average Bonchev–Trinajstić information content (AvgIpc) is 2.55. The number of anilines is 1. The second kappa shape index (κ2) is 6.15. The molecule has 0 spiro atoms. The van der Waals surface area contributed by atoms with Gasteiger partial charge in [-0.25, -0.2) is 9.97 Å². The van der Waals surface area contributed by atoms with Gasteiger partial charge in [0.25, 0.3) is 5.69 Å². The lowest BCUT2D eigenvalue weighted by Gasteiger charge is -2.15. The lowest BCUT2D eigenvalue weighted by Crippen LogP contribution is -2.11. The van der Waals surface area contributed by atoms with Gasteiger partial charge in [-0.1, -0.05) is 41.9 Å². The Morgan fingerprint density at radius 1 is 1.22 bits per heavy atom. The quantitative estimate of drug-likeness (QED) is 0.432. The van der Waals surface area contributed by atoms with Crippen LogP contribution in [0.15, 0.2) is 48.8 Å². The molecule has 0 saturated heterocycles. The molecule has 23 heavy (non-hydrogen) atoms. The SMILES string of the molecule is O=[N+]([O-])c1cc2c(NC(O)c3ccccc3)ncnc2cc1Cl. The van der Waals surface area contributed by atoms with E-state index in [-0.39, 0.29) is 16.5 Å². The highest BCUT2D eigenvalue weighted by Crippen LogP contribution is 2.32. The monoisotopic (exact) mass is 330 g/mol. The van der Waals surface area contributed by atoms with Crippen LogP contribution in [0.2, 0.25) is 5.02 Å². The van der Waals surface area contributed by atoms with E-state index in [1.54, 1.807) is 24.3 Å². The molecule has 8 heteroatoms. The second-order valence-electron chi connectivity index (χ2n) is 4.76. The molecule has 0 saturated carbocycles. The molecule has 0 aliphatic carbocycles. The highest BCUT2D eigenvalue weighted by molar-refractivity contribution is 6.33. The first-order chi connectivity index (χ1) is 11.1. The Bertz CT molecular complexity index is 873. The van der Waals surface area contributed by atoms with Gasteiger partial charge >= 0.3 is 0 Å². The van der Waals surface area contributed by atoms with Gasteiger partial charge in [-0.15, -0.1) is 0 Å². The first kappa shape index (κ1) is 15.1. The van der Waals surface area contributed by atoms with Gasteiger partial charge in [-0.05, 0) is 6.07 Å². The Labute approximate surface area is 135 Å². The molecule has 7 nitrogen and oxygen atoms in total. The maximum atomic E-state index is 11.0. The van der Waals surface area contributed by atoms with Gasteiger partial charge < -0.3 is 10.4 Å². The number of fused-ring (bicyclic) bond motifs is 1. The third-order valence-corrected chi connectivity index (χ3v) is 3.59. The van der Waals surface area contributed by atoms with Crippen molar-refractivity contribution in [2.75, 3.05) is 5.32 Å². The van der Waals surface area contributed by atoms with Gasteiger partial charge in [0.15, 0.2) is 6.23 Å². The molecule has 0 radical (unpaired) electrons. The van der Waals surface area contributed by atoms with Crippen molar-refractivity contribution in [1.82, 2.24) is 9.97 Å². The summed E-state index contributed by atoms with van der Waals surface area (Å²) < 4.78 is 0. The highest BCUT2D eigenvalue weighted by atomic mass is 35.5. The van der Waals surface area contributed by atoms with Crippen LogP contribution in [0, 0.1) is 10.1 Å². The summed E-state index contributed by atoms with van der Waals surface area (Å²) in [4.78, 5) is 18.6. The fourth-order valence-electron chi connectivity index (χ4n) is 2.17. The summed E-state index contributed by atoms with van der Waals surface area (Å²) in [5.41, 5.74) is 0.840. The maximum Gasteiger partial charge on any atom is 0.288 e. The number of nitrogens with zero attached hydrogens (tertiary/aromatic N) is 3. The van der Waals surface area contributed by atoms with Crippen LogP contribution < -0.4 is 5.32 Å². The van der Waals surface area contributed by atoms with E-state index in [1.807, 2.05) is 6.07 Å². The largest absolute Gasteiger partial charge is 0.369 e. The first-order valence-corrected chi connectivity index (χ1v) is 7.02. The van der Waals surface area contributed by atoms with Crippen LogP contribution in [0.4, 0.5) is 11.5 Å². The zero-order valence-corrected chi connectivity index (χ0v) is 12.4. The fraction of sp³-hybridized carbons (Fsp3) is 0.0667. The number of benzene rings is 2. The predicted molar refractivity (Wildman–Crippen MR) is 86.2 cm³/mol. The molecular formula is C15H11ClN4O3. The van der Waals surface area contributed by atoms with E-state index in [9.17, 15) is 15.2 Å². The van der Waals surface area contributed by atoms with Crippen molar-refractivity contribution >= 4 is 34.0 Å². The minimum atomic E-state index is -1.01. The number of nitro groups is 1. The Balaban J connectivity index is 2.04. The molecule has 0 bridgehead atoms. The van der Waals surface area contributed by atoms with Gasteiger partial charge in [0.2, 0.25) is 0 Å². The molecule has 0 fully saturated rings. The minimum Gasteiger partial charge on any atom is -0.369 e. The lowest BCUT2D eigenvalue weighted by atomic mass is 10.2. The number of rotatable bonds is 4. The summed E-state index contributed by atoms with van der Waals surface area (Å²) in [6.07, 6.45) is 0.286. The zero-order chi connectivity index (χ0) is 16.4. The Morgan fingerprint density at radius 2 is 1.96 bits per heavy atom. The van der Waals surface area contributed by atoms with E-state index >= 15 is 0 Å². The number of hydrogen-bond donors (Lipinski definition) is 2. The standard InChI is InChI=1S/C15H11ClN4O3/c16-11-7-12-10(6-13(11)20(22)23)14(18-8-17-12)19-15(21)9-4-2-1-3-5-9/h1-8,15,21H,(H,17,18,19). The topological polar surface area (TPSA) is 101 Å². The normalized spacial score (nSPS) is 12.1. The molecule has 1 unspecified atom stereocenters. The summed E-state index contributed by atoms with van der Waals surface area (Å²) in [6, 6.07) is 11.6. The lowest BCUT2D eigenvalue weighted by molar-refractivity contribution is -0.384. The molecule has 3 aromatic rings. The summed E-state index contributed by atoms with van der Waals surface area (Å²) in [6.45, 7) is 0. The second-order valence-corrected chi connectivity index (χ2v) is 5.16. The number of aliphatic hydroxyl groups excluding tert-OH is 1. The van der Waals surface area contributed by atoms with Crippen molar-refractivity contribution in [3.05, 3.63) is 69.5 Å². The molecule has 0 amide bonds. The van der Waals surface area contributed by atoms with Gasteiger partial charge in [0.05, 0.1) is 10.4 Å². The van der Waals surface area contributed by atoms with Crippen molar-refractivity contribution in [3.63, 3.8) is 0 Å². The third-order valence-electron chi connectivity index (χ3n) is 3.29. The van der Waals surface area contributed by atoms with Crippen LogP contribution in [0.5, 0.6) is 0 Å². The fourth-order valence-corrected chi connectivity index (χ4v) is 2.40. The maximum absolute atomic E-state index is 11.0. The molecule has 1 heterocycles. The van der Waals surface area contributed by atoms with Crippen molar-refractivity contribution in [1.29, 1.82) is 0 Å². The summed E-state index contributed by atoms with van der Waals surface area (Å²) in [5.74, 6) is 0.283. The van der Waals surface area contributed by atoms with Crippen LogP contribution in [-0.2, 0) is 0 Å². The molecule has 0 aliphatic heterocycles. The summed E-state index contributed by atoms with van der Waals surface area (Å²) >= 11 is 5.88. The number of aromatic nitrogens is 2. The minimum absolute atomic E-state index is 0.00393. The van der Waals surface area contributed by atoms with E-state index in [0.29, 0.717) is 16.5 Å². The van der Waals surface area contributed by atoms with Crippen LogP contribution in [0.25, 0.3) is 10.9 Å². The summed E-state index contributed by atoms with van der Waals surface area (Å²) in [7, 11) is 0. The Morgan fingerprint density at radius 3 is 2.65 bits per heavy atom. The molecule has 0 aliphatic rings. The van der Waals surface area contributed by atoms with E-state index in [1.165, 1.54) is 18.5 Å². The molecule has 1 atom stereocenters. The Hall–Kier alpha value is -2.77. The van der Waals surface area contributed by atoms with Crippen LogP contribution in [0.3, 0.4) is 0 Å². The van der Waals surface area contributed by atoms with E-state index in [0.717, 1.165) is 0 Å².